The number of amides is 2. The number of nitrogens with zero attached hydrogens (tertiary/aromatic N) is 1. The van der Waals surface area contributed by atoms with Gasteiger partial charge in [0.05, 0.1) is 38.5 Å². The first-order valence-corrected chi connectivity index (χ1v) is 11.1. The zero-order chi connectivity index (χ0) is 22.4. The largest absolute Gasteiger partial charge is 0.490 e. The van der Waals surface area contributed by atoms with Crippen LogP contribution >= 0.6 is 15.9 Å². The van der Waals surface area contributed by atoms with Crippen LogP contribution in [-0.2, 0) is 16.0 Å². The van der Waals surface area contributed by atoms with Gasteiger partial charge >= 0.3 is 12.0 Å². The normalized spacial score (nSPS) is 15.1. The summed E-state index contributed by atoms with van der Waals surface area (Å²) in [6.07, 6.45) is 0.690. The van der Waals surface area contributed by atoms with Crippen molar-refractivity contribution < 1.29 is 23.8 Å². The van der Waals surface area contributed by atoms with Crippen molar-refractivity contribution in [2.75, 3.05) is 32.2 Å². The highest BCUT2D eigenvalue weighted by Gasteiger charge is 2.34. The number of para-hydroxylation sites is 1. The van der Waals surface area contributed by atoms with E-state index in [1.807, 2.05) is 50.2 Å². The van der Waals surface area contributed by atoms with Crippen LogP contribution in [0.4, 0.5) is 10.5 Å². The first kappa shape index (κ1) is 22.9. The lowest BCUT2D eigenvalue weighted by molar-refractivity contribution is -0.141. The minimum Gasteiger partial charge on any atom is -0.490 e. The summed E-state index contributed by atoms with van der Waals surface area (Å²) in [5.74, 6) is 0.889. The number of hydrogen-bond acceptors (Lipinski definition) is 5. The zero-order valence-corrected chi connectivity index (χ0v) is 19.5. The summed E-state index contributed by atoms with van der Waals surface area (Å²) in [5.41, 5.74) is 2.56. The third-order valence-electron chi connectivity index (χ3n) is 5.13. The summed E-state index contributed by atoms with van der Waals surface area (Å²) < 4.78 is 17.2. The topological polar surface area (TPSA) is 77.1 Å². The summed E-state index contributed by atoms with van der Waals surface area (Å²) in [5, 5.41) is 2.94. The van der Waals surface area contributed by atoms with Gasteiger partial charge in [0.2, 0.25) is 0 Å². The maximum Gasteiger partial charge on any atom is 0.322 e. The van der Waals surface area contributed by atoms with Gasteiger partial charge in [0.25, 0.3) is 0 Å². The molecule has 1 heterocycles. The monoisotopic (exact) mass is 490 g/mol. The second-order valence-electron chi connectivity index (χ2n) is 7.01. The van der Waals surface area contributed by atoms with E-state index in [2.05, 4.69) is 21.2 Å². The van der Waals surface area contributed by atoms with Gasteiger partial charge in [-0.15, -0.1) is 0 Å². The Morgan fingerprint density at radius 3 is 2.45 bits per heavy atom. The van der Waals surface area contributed by atoms with Crippen LogP contribution in [0, 0.1) is 0 Å². The van der Waals surface area contributed by atoms with Gasteiger partial charge in [-0.05, 0) is 71.6 Å². The van der Waals surface area contributed by atoms with Crippen molar-refractivity contribution in [2.24, 2.45) is 0 Å². The lowest BCUT2D eigenvalue weighted by Gasteiger charge is -2.37. The molecule has 0 aromatic heterocycles. The zero-order valence-electron chi connectivity index (χ0n) is 17.9. The Kier molecular flexibility index (Phi) is 7.79. The highest BCUT2D eigenvalue weighted by Crippen LogP contribution is 2.40. The molecule has 0 saturated carbocycles. The molecule has 0 spiro atoms. The highest BCUT2D eigenvalue weighted by molar-refractivity contribution is 9.10. The predicted molar refractivity (Wildman–Crippen MR) is 122 cm³/mol. The molecule has 0 bridgehead atoms. The van der Waals surface area contributed by atoms with Crippen LogP contribution in [0.5, 0.6) is 11.5 Å². The molecule has 2 aromatic carbocycles. The molecule has 0 aliphatic carbocycles. The molecule has 1 atom stereocenters. The van der Waals surface area contributed by atoms with Crippen molar-refractivity contribution in [3.05, 3.63) is 52.0 Å². The van der Waals surface area contributed by atoms with Gasteiger partial charge in [0.15, 0.2) is 11.5 Å². The Morgan fingerprint density at radius 1 is 1.13 bits per heavy atom. The number of fused-ring (bicyclic) bond motifs is 1. The Bertz CT molecular complexity index is 950. The van der Waals surface area contributed by atoms with E-state index in [0.717, 1.165) is 15.6 Å². The van der Waals surface area contributed by atoms with E-state index in [4.69, 9.17) is 14.2 Å². The van der Waals surface area contributed by atoms with E-state index in [-0.39, 0.29) is 18.4 Å². The first-order valence-electron chi connectivity index (χ1n) is 10.3. The Labute approximate surface area is 190 Å². The Balaban J connectivity index is 1.97. The number of urea groups is 1. The molecular weight excluding hydrogens is 464 g/mol. The molecule has 0 saturated heterocycles. The molecular formula is C23H27BrN2O5. The average molecular weight is 491 g/mol. The molecule has 1 aliphatic rings. The van der Waals surface area contributed by atoms with Gasteiger partial charge in [-0.3, -0.25) is 4.79 Å². The van der Waals surface area contributed by atoms with Gasteiger partial charge in [0, 0.05) is 11.0 Å². The van der Waals surface area contributed by atoms with Crippen molar-refractivity contribution in [3.8, 4) is 11.5 Å². The van der Waals surface area contributed by atoms with Gasteiger partial charge in [-0.25, -0.2) is 4.79 Å². The summed E-state index contributed by atoms with van der Waals surface area (Å²) >= 11 is 3.45. The average Bonchev–Trinajstić information content (AvgIpc) is 2.76. The number of ether oxygens (including phenoxy) is 3. The molecule has 166 valence electrons. The minimum absolute atomic E-state index is 0.0480. The number of methoxy groups -OCH3 is 1. The number of benzene rings is 2. The van der Waals surface area contributed by atoms with E-state index >= 15 is 0 Å². The molecule has 0 unspecified atom stereocenters. The summed E-state index contributed by atoms with van der Waals surface area (Å²) in [6, 6.07) is 10.5. The fraction of sp³-hybridized carbons (Fsp3) is 0.391. The SMILES string of the molecule is CCOc1cc2c(cc1OCC)[C@H](CC(=O)OC)N(C(=O)Nc1ccccc1Br)CC2. The number of nitrogens with one attached hydrogen (secondary N) is 1. The number of carbonyl (C=O) groups is 2. The molecule has 0 radical (unpaired) electrons. The number of esters is 1. The molecule has 3 rings (SSSR count). The van der Waals surface area contributed by atoms with Crippen LogP contribution < -0.4 is 14.8 Å². The van der Waals surface area contributed by atoms with E-state index in [9.17, 15) is 9.59 Å². The number of rotatable bonds is 7. The summed E-state index contributed by atoms with van der Waals surface area (Å²) in [6.45, 7) is 5.28. The number of anilines is 1. The van der Waals surface area contributed by atoms with Crippen LogP contribution in [0.15, 0.2) is 40.9 Å². The second kappa shape index (κ2) is 10.5. The number of hydrogen-bond donors (Lipinski definition) is 1. The molecule has 8 heteroatoms. The second-order valence-corrected chi connectivity index (χ2v) is 7.87. The van der Waals surface area contributed by atoms with Crippen molar-refractivity contribution in [1.29, 1.82) is 0 Å². The van der Waals surface area contributed by atoms with Crippen LogP contribution in [0.1, 0.15) is 37.4 Å². The lowest BCUT2D eigenvalue weighted by Crippen LogP contribution is -2.43. The Morgan fingerprint density at radius 2 is 1.81 bits per heavy atom. The fourth-order valence-corrected chi connectivity index (χ4v) is 4.08. The molecule has 0 fully saturated rings. The lowest BCUT2D eigenvalue weighted by atomic mass is 9.90. The van der Waals surface area contributed by atoms with Gasteiger partial charge in [0.1, 0.15) is 0 Å². The molecule has 7 nitrogen and oxygen atoms in total. The molecule has 2 aromatic rings. The van der Waals surface area contributed by atoms with E-state index in [1.165, 1.54) is 7.11 Å². The van der Waals surface area contributed by atoms with Crippen LogP contribution in [0.3, 0.4) is 0 Å². The molecule has 1 aliphatic heterocycles. The predicted octanol–water partition coefficient (Wildman–Crippen LogP) is 4.94. The Hall–Kier alpha value is -2.74. The number of halogens is 1. The number of carbonyl (C=O) groups excluding carboxylic acids is 2. The summed E-state index contributed by atoms with van der Waals surface area (Å²) in [7, 11) is 1.35. The van der Waals surface area contributed by atoms with Gasteiger partial charge in [-0.2, -0.15) is 0 Å². The van der Waals surface area contributed by atoms with Crippen molar-refractivity contribution in [1.82, 2.24) is 4.90 Å². The van der Waals surface area contributed by atoms with E-state index in [1.54, 1.807) is 4.90 Å². The van der Waals surface area contributed by atoms with Crippen molar-refractivity contribution in [3.63, 3.8) is 0 Å². The van der Waals surface area contributed by atoms with Crippen LogP contribution in [0.25, 0.3) is 0 Å². The van der Waals surface area contributed by atoms with Crippen molar-refractivity contribution >= 4 is 33.6 Å². The van der Waals surface area contributed by atoms with Crippen LogP contribution in [0.2, 0.25) is 0 Å². The third-order valence-corrected chi connectivity index (χ3v) is 5.82. The van der Waals surface area contributed by atoms with Crippen molar-refractivity contribution in [2.45, 2.75) is 32.7 Å². The van der Waals surface area contributed by atoms with E-state index < -0.39 is 6.04 Å². The smallest absolute Gasteiger partial charge is 0.322 e. The minimum atomic E-state index is -0.478. The van der Waals surface area contributed by atoms with Gasteiger partial charge < -0.3 is 24.4 Å². The van der Waals surface area contributed by atoms with Gasteiger partial charge in [-0.1, -0.05) is 12.1 Å². The molecule has 1 N–H and O–H groups in total. The maximum atomic E-state index is 13.2. The molecule has 31 heavy (non-hydrogen) atoms. The fourth-order valence-electron chi connectivity index (χ4n) is 3.70. The van der Waals surface area contributed by atoms with Crippen LogP contribution in [-0.4, -0.2) is 43.8 Å². The maximum absolute atomic E-state index is 13.2. The first-order chi connectivity index (χ1) is 15.0. The highest BCUT2D eigenvalue weighted by atomic mass is 79.9. The standard InChI is InChI=1S/C23H27BrN2O5/c1-4-30-20-12-15-10-11-26(23(28)25-18-9-7-6-8-17(18)24)19(14-22(27)29-3)16(15)13-21(20)31-5-2/h6-9,12-13,19H,4-5,10-11,14H2,1-3H3,(H,25,28)/t19-/m0/s1. The third kappa shape index (κ3) is 5.31. The summed E-state index contributed by atoms with van der Waals surface area (Å²) in [4.78, 5) is 27.1. The van der Waals surface area contributed by atoms with E-state index in [0.29, 0.717) is 43.4 Å². The molecule has 2 amide bonds. The quantitative estimate of drug-likeness (QED) is 0.556.